The van der Waals surface area contributed by atoms with Crippen molar-refractivity contribution in [3.8, 4) is 11.8 Å². The van der Waals surface area contributed by atoms with Crippen LogP contribution in [0.5, 0.6) is 0 Å². The standard InChI is InChI=1S/C24H36O4/c1-3-4-5-8-17(2)11-14-21(25)24-20-13-12-18(9-6-7-10-23(27)28)15-19(20)16-22(24)26/h12,14,17,19-20,22,24-26H,3,6-11,13,15-16H2,1-2H3,(H,27,28)/t17?,19-,20-,22+,24-/m1/s1. The minimum atomic E-state index is -0.728. The van der Waals surface area contributed by atoms with Crippen LogP contribution in [0.15, 0.2) is 23.5 Å². The number of aliphatic hydroxyl groups is 2. The lowest BCUT2D eigenvalue weighted by Gasteiger charge is -2.29. The Morgan fingerprint density at radius 3 is 2.82 bits per heavy atom. The highest BCUT2D eigenvalue weighted by molar-refractivity contribution is 5.66. The van der Waals surface area contributed by atoms with Gasteiger partial charge in [0.05, 0.1) is 11.9 Å². The highest BCUT2D eigenvalue weighted by atomic mass is 16.4. The zero-order chi connectivity index (χ0) is 20.5. The van der Waals surface area contributed by atoms with Crippen LogP contribution < -0.4 is 0 Å². The molecular weight excluding hydrogens is 352 g/mol. The molecule has 0 heterocycles. The molecule has 1 saturated carbocycles. The lowest BCUT2D eigenvalue weighted by atomic mass is 9.76. The van der Waals surface area contributed by atoms with Gasteiger partial charge in [0.25, 0.3) is 0 Å². The quantitative estimate of drug-likeness (QED) is 0.219. The number of rotatable bonds is 9. The first-order valence-electron chi connectivity index (χ1n) is 10.8. The molecule has 1 unspecified atom stereocenters. The molecule has 2 rings (SSSR count). The van der Waals surface area contributed by atoms with E-state index in [-0.39, 0.29) is 12.3 Å². The van der Waals surface area contributed by atoms with Gasteiger partial charge >= 0.3 is 5.97 Å². The van der Waals surface area contributed by atoms with E-state index in [0.717, 1.165) is 57.8 Å². The molecule has 0 saturated heterocycles. The normalized spacial score (nSPS) is 28.1. The predicted molar refractivity (Wildman–Crippen MR) is 112 cm³/mol. The van der Waals surface area contributed by atoms with Gasteiger partial charge in [0, 0.05) is 25.2 Å². The van der Waals surface area contributed by atoms with Gasteiger partial charge in [0.15, 0.2) is 0 Å². The summed E-state index contributed by atoms with van der Waals surface area (Å²) < 4.78 is 0. The molecule has 0 bridgehead atoms. The number of unbranched alkanes of at least 4 members (excludes halogenated alkanes) is 1. The van der Waals surface area contributed by atoms with E-state index in [1.165, 1.54) is 5.57 Å². The number of aliphatic hydroxyl groups excluding tert-OH is 2. The van der Waals surface area contributed by atoms with Crippen molar-refractivity contribution in [2.24, 2.45) is 23.7 Å². The maximum atomic E-state index is 10.7. The molecule has 0 amide bonds. The summed E-state index contributed by atoms with van der Waals surface area (Å²) in [6, 6.07) is 0. The highest BCUT2D eigenvalue weighted by Crippen LogP contribution is 2.48. The van der Waals surface area contributed by atoms with Gasteiger partial charge in [-0.1, -0.05) is 25.5 Å². The van der Waals surface area contributed by atoms with Crippen molar-refractivity contribution in [2.45, 2.75) is 84.2 Å². The molecule has 0 aromatic heterocycles. The second-order valence-corrected chi connectivity index (χ2v) is 8.54. The van der Waals surface area contributed by atoms with Gasteiger partial charge in [0.1, 0.15) is 0 Å². The van der Waals surface area contributed by atoms with Crippen molar-refractivity contribution >= 4 is 5.97 Å². The number of allylic oxidation sites excluding steroid dienone is 3. The van der Waals surface area contributed by atoms with Crippen molar-refractivity contribution < 1.29 is 20.1 Å². The number of hydrogen-bond donors (Lipinski definition) is 3. The van der Waals surface area contributed by atoms with E-state index >= 15 is 0 Å². The maximum Gasteiger partial charge on any atom is 0.303 e. The van der Waals surface area contributed by atoms with Crippen molar-refractivity contribution in [1.82, 2.24) is 0 Å². The molecule has 4 nitrogen and oxygen atoms in total. The van der Waals surface area contributed by atoms with Crippen molar-refractivity contribution in [3.05, 3.63) is 23.5 Å². The van der Waals surface area contributed by atoms with Gasteiger partial charge in [-0.15, -0.1) is 11.8 Å². The second kappa shape index (κ2) is 11.3. The fourth-order valence-corrected chi connectivity index (χ4v) is 4.67. The predicted octanol–water partition coefficient (Wildman–Crippen LogP) is 5.24. The number of hydrogen-bond acceptors (Lipinski definition) is 3. The van der Waals surface area contributed by atoms with Crippen molar-refractivity contribution in [3.63, 3.8) is 0 Å². The lowest BCUT2D eigenvalue weighted by molar-refractivity contribution is -0.137. The van der Waals surface area contributed by atoms with E-state index in [4.69, 9.17) is 5.11 Å². The molecule has 28 heavy (non-hydrogen) atoms. The summed E-state index contributed by atoms with van der Waals surface area (Å²) in [5.74, 6) is 6.86. The van der Waals surface area contributed by atoms with Crippen LogP contribution in [0.3, 0.4) is 0 Å². The molecular formula is C24H36O4. The molecule has 3 N–H and O–H groups in total. The Bertz CT molecular complexity index is 637. The summed E-state index contributed by atoms with van der Waals surface area (Å²) in [4.78, 5) is 10.6. The SMILES string of the molecule is CCC#CCC(C)CC=C(O)[C@H]1[C@@H]2CC=C(CCCCC(=O)O)C[C@@H]2C[C@@H]1O. The summed E-state index contributed by atoms with van der Waals surface area (Å²) in [5, 5.41) is 30.0. The first-order valence-corrected chi connectivity index (χ1v) is 10.8. The molecule has 5 atom stereocenters. The fraction of sp³-hybridized carbons (Fsp3) is 0.708. The Hall–Kier alpha value is -1.73. The van der Waals surface area contributed by atoms with Crippen LogP contribution in [0.2, 0.25) is 0 Å². The smallest absolute Gasteiger partial charge is 0.303 e. The van der Waals surface area contributed by atoms with E-state index in [1.807, 2.05) is 13.0 Å². The molecule has 0 aliphatic heterocycles. The topological polar surface area (TPSA) is 77.8 Å². The fourth-order valence-electron chi connectivity index (χ4n) is 4.67. The Balaban J connectivity index is 1.88. The van der Waals surface area contributed by atoms with Crippen LogP contribution in [0.25, 0.3) is 0 Å². The van der Waals surface area contributed by atoms with Crippen LogP contribution in [0.4, 0.5) is 0 Å². The Kier molecular flexibility index (Phi) is 9.12. The van der Waals surface area contributed by atoms with Crippen LogP contribution in [0, 0.1) is 35.5 Å². The summed E-state index contributed by atoms with van der Waals surface area (Å²) in [5.41, 5.74) is 1.39. The zero-order valence-electron chi connectivity index (χ0n) is 17.4. The Labute approximate surface area is 169 Å². The third-order valence-corrected chi connectivity index (χ3v) is 6.19. The van der Waals surface area contributed by atoms with E-state index < -0.39 is 12.1 Å². The summed E-state index contributed by atoms with van der Waals surface area (Å²) in [6.45, 7) is 4.18. The molecule has 0 spiro atoms. The molecule has 2 aliphatic rings. The van der Waals surface area contributed by atoms with E-state index in [9.17, 15) is 15.0 Å². The summed E-state index contributed by atoms with van der Waals surface area (Å²) >= 11 is 0. The summed E-state index contributed by atoms with van der Waals surface area (Å²) in [6.07, 6.45) is 11.6. The average Bonchev–Trinajstić information content (AvgIpc) is 2.98. The molecule has 0 aromatic carbocycles. The third-order valence-electron chi connectivity index (χ3n) is 6.19. The van der Waals surface area contributed by atoms with Crippen LogP contribution in [-0.4, -0.2) is 27.4 Å². The second-order valence-electron chi connectivity index (χ2n) is 8.54. The first kappa shape index (κ1) is 22.6. The monoisotopic (exact) mass is 388 g/mol. The van der Waals surface area contributed by atoms with Gasteiger partial charge in [-0.05, 0) is 68.8 Å². The molecule has 1 fully saturated rings. The largest absolute Gasteiger partial charge is 0.512 e. The Morgan fingerprint density at radius 2 is 2.11 bits per heavy atom. The van der Waals surface area contributed by atoms with Gasteiger partial charge in [-0.3, -0.25) is 4.79 Å². The van der Waals surface area contributed by atoms with Gasteiger partial charge in [-0.25, -0.2) is 0 Å². The van der Waals surface area contributed by atoms with Crippen LogP contribution >= 0.6 is 0 Å². The molecule has 156 valence electrons. The van der Waals surface area contributed by atoms with Crippen LogP contribution in [0.1, 0.15) is 78.1 Å². The molecule has 0 radical (unpaired) electrons. The Morgan fingerprint density at radius 1 is 1.32 bits per heavy atom. The van der Waals surface area contributed by atoms with E-state index in [0.29, 0.717) is 23.5 Å². The number of carboxylic acid groups (broad SMARTS) is 1. The van der Waals surface area contributed by atoms with Gasteiger partial charge in [0.2, 0.25) is 0 Å². The molecule has 4 heteroatoms. The van der Waals surface area contributed by atoms with Crippen LogP contribution in [-0.2, 0) is 4.79 Å². The number of carbonyl (C=O) groups is 1. The number of fused-ring (bicyclic) bond motifs is 1. The van der Waals surface area contributed by atoms with E-state index in [1.54, 1.807) is 0 Å². The number of aliphatic carboxylic acids is 1. The zero-order valence-corrected chi connectivity index (χ0v) is 17.4. The minimum absolute atomic E-state index is 0.149. The van der Waals surface area contributed by atoms with Gasteiger partial charge < -0.3 is 15.3 Å². The average molecular weight is 389 g/mol. The highest BCUT2D eigenvalue weighted by Gasteiger charge is 2.45. The first-order chi connectivity index (χ1) is 13.4. The molecule has 0 aromatic rings. The third kappa shape index (κ3) is 6.71. The van der Waals surface area contributed by atoms with Gasteiger partial charge in [-0.2, -0.15) is 0 Å². The minimum Gasteiger partial charge on any atom is -0.512 e. The van der Waals surface area contributed by atoms with Crippen molar-refractivity contribution in [2.75, 3.05) is 0 Å². The lowest BCUT2D eigenvalue weighted by Crippen LogP contribution is -2.24. The summed E-state index contributed by atoms with van der Waals surface area (Å²) in [7, 11) is 0. The maximum absolute atomic E-state index is 10.7. The van der Waals surface area contributed by atoms with Crippen molar-refractivity contribution in [1.29, 1.82) is 0 Å². The van der Waals surface area contributed by atoms with E-state index in [2.05, 4.69) is 24.8 Å². The number of carboxylic acids is 1. The molecule has 2 aliphatic carbocycles.